The molecule has 9 nitrogen and oxygen atoms in total. The molecular formula is C24H26N8O. The van der Waals surface area contributed by atoms with Gasteiger partial charge >= 0.3 is 0 Å². The quantitative estimate of drug-likeness (QED) is 0.498. The number of nitrogen functional groups attached to an aromatic ring is 1. The molecule has 168 valence electrons. The molecule has 33 heavy (non-hydrogen) atoms. The Morgan fingerprint density at radius 1 is 1.09 bits per heavy atom. The number of aryl methyl sites for hydroxylation is 1. The number of pyridine rings is 1. The molecule has 1 saturated heterocycles. The molecule has 0 bridgehead atoms. The Morgan fingerprint density at radius 2 is 1.91 bits per heavy atom. The monoisotopic (exact) mass is 442 g/mol. The minimum Gasteiger partial charge on any atom is -0.368 e. The van der Waals surface area contributed by atoms with Gasteiger partial charge in [0.25, 0.3) is 0 Å². The van der Waals surface area contributed by atoms with E-state index in [1.165, 1.54) is 0 Å². The van der Waals surface area contributed by atoms with Crippen molar-refractivity contribution >= 4 is 29.0 Å². The lowest BCUT2D eigenvalue weighted by molar-refractivity contribution is -0.120. The van der Waals surface area contributed by atoms with Gasteiger partial charge in [0.2, 0.25) is 17.8 Å². The van der Waals surface area contributed by atoms with Crippen molar-refractivity contribution in [3.8, 4) is 11.4 Å². The van der Waals surface area contributed by atoms with Crippen molar-refractivity contribution in [2.75, 3.05) is 22.5 Å². The topological polar surface area (TPSA) is 114 Å². The van der Waals surface area contributed by atoms with Gasteiger partial charge < -0.3 is 20.4 Å². The fraction of sp³-hybridized carbons (Fsp3) is 0.292. The van der Waals surface area contributed by atoms with Gasteiger partial charge in [-0.15, -0.1) is 0 Å². The first kappa shape index (κ1) is 20.9. The third-order valence-electron chi connectivity index (χ3n) is 6.16. The summed E-state index contributed by atoms with van der Waals surface area (Å²) in [6.45, 7) is 4.58. The van der Waals surface area contributed by atoms with E-state index in [4.69, 9.17) is 10.7 Å². The molecule has 0 saturated carbocycles. The van der Waals surface area contributed by atoms with Crippen molar-refractivity contribution in [1.82, 2.24) is 24.3 Å². The van der Waals surface area contributed by atoms with Crippen molar-refractivity contribution in [1.29, 1.82) is 0 Å². The number of piperidine rings is 1. The summed E-state index contributed by atoms with van der Waals surface area (Å²) < 4.78 is 1.99. The summed E-state index contributed by atoms with van der Waals surface area (Å²) in [6, 6.07) is 13.6. The van der Waals surface area contributed by atoms with Gasteiger partial charge in [0, 0.05) is 30.0 Å². The molecule has 3 aromatic heterocycles. The van der Waals surface area contributed by atoms with Crippen LogP contribution in [0, 0.1) is 12.8 Å². The molecule has 4 aromatic rings. The van der Waals surface area contributed by atoms with Crippen LogP contribution in [0.5, 0.6) is 0 Å². The fourth-order valence-electron chi connectivity index (χ4n) is 4.26. The van der Waals surface area contributed by atoms with E-state index in [2.05, 4.69) is 32.1 Å². The molecule has 1 aliphatic heterocycles. The predicted molar refractivity (Wildman–Crippen MR) is 128 cm³/mol. The van der Waals surface area contributed by atoms with E-state index in [0.29, 0.717) is 18.3 Å². The van der Waals surface area contributed by atoms with E-state index in [0.717, 1.165) is 35.4 Å². The maximum Gasteiger partial charge on any atom is 0.230 e. The molecule has 1 amide bonds. The molecular weight excluding hydrogens is 416 g/mol. The van der Waals surface area contributed by atoms with Crippen molar-refractivity contribution < 1.29 is 4.79 Å². The van der Waals surface area contributed by atoms with Crippen LogP contribution < -0.4 is 16.0 Å². The Hall–Kier alpha value is -4.01. The zero-order valence-electron chi connectivity index (χ0n) is 18.6. The van der Waals surface area contributed by atoms with E-state index in [1.807, 2.05) is 66.2 Å². The van der Waals surface area contributed by atoms with Crippen LogP contribution in [0.15, 0.2) is 54.9 Å². The number of aromatic nitrogens is 5. The summed E-state index contributed by atoms with van der Waals surface area (Å²) >= 11 is 0. The van der Waals surface area contributed by atoms with Crippen LogP contribution in [0.1, 0.15) is 25.6 Å². The Bertz CT molecular complexity index is 1300. The van der Waals surface area contributed by atoms with Gasteiger partial charge in [0.15, 0.2) is 5.82 Å². The minimum atomic E-state index is -0.173. The highest BCUT2D eigenvalue weighted by Crippen LogP contribution is 2.28. The second-order valence-electron chi connectivity index (χ2n) is 8.47. The maximum atomic E-state index is 12.9. The average molecular weight is 443 g/mol. The van der Waals surface area contributed by atoms with Crippen LogP contribution in [-0.2, 0) is 4.79 Å². The lowest BCUT2D eigenvalue weighted by Crippen LogP contribution is -2.46. The summed E-state index contributed by atoms with van der Waals surface area (Å²) in [5.74, 6) is 1.85. The summed E-state index contributed by atoms with van der Waals surface area (Å²) in [5, 5.41) is 3.01. The first-order chi connectivity index (χ1) is 16.0. The van der Waals surface area contributed by atoms with Crippen LogP contribution in [0.4, 0.5) is 17.6 Å². The van der Waals surface area contributed by atoms with Crippen molar-refractivity contribution in [3.05, 3.63) is 60.7 Å². The molecule has 0 aliphatic carbocycles. The first-order valence-corrected chi connectivity index (χ1v) is 11.1. The SMILES string of the molecule is Cc1ncc2ccc(-c3nc(N)nc(N4C[C@H](C(=O)Nc5ccccc5)CC[C@@H]4C)n3)cn12. The number of carbonyl (C=O) groups is 1. The number of nitrogens with zero attached hydrogens (tertiary/aromatic N) is 6. The Labute approximate surface area is 191 Å². The Kier molecular flexibility index (Phi) is 5.37. The molecule has 2 atom stereocenters. The molecule has 3 N–H and O–H groups in total. The number of anilines is 3. The third kappa shape index (κ3) is 4.21. The molecule has 0 radical (unpaired) electrons. The van der Waals surface area contributed by atoms with Crippen LogP contribution >= 0.6 is 0 Å². The zero-order valence-corrected chi connectivity index (χ0v) is 18.6. The summed E-state index contributed by atoms with van der Waals surface area (Å²) in [4.78, 5) is 32.8. The van der Waals surface area contributed by atoms with Gasteiger partial charge in [-0.05, 0) is 51.0 Å². The molecule has 9 heteroatoms. The molecule has 0 spiro atoms. The molecule has 5 rings (SSSR count). The van der Waals surface area contributed by atoms with Gasteiger partial charge in [0.1, 0.15) is 5.82 Å². The summed E-state index contributed by atoms with van der Waals surface area (Å²) in [7, 11) is 0. The van der Waals surface area contributed by atoms with Crippen LogP contribution in [0.2, 0.25) is 0 Å². The second kappa shape index (κ2) is 8.50. The molecule has 1 fully saturated rings. The molecule has 4 heterocycles. The van der Waals surface area contributed by atoms with Crippen LogP contribution in [0.3, 0.4) is 0 Å². The van der Waals surface area contributed by atoms with E-state index < -0.39 is 0 Å². The van der Waals surface area contributed by atoms with Gasteiger partial charge in [-0.3, -0.25) is 4.79 Å². The number of carbonyl (C=O) groups excluding carboxylic acids is 1. The number of nitrogens with one attached hydrogen (secondary N) is 1. The average Bonchev–Trinajstić information content (AvgIpc) is 3.19. The van der Waals surface area contributed by atoms with E-state index in [9.17, 15) is 4.79 Å². The van der Waals surface area contributed by atoms with E-state index >= 15 is 0 Å². The normalized spacial score (nSPS) is 18.4. The maximum absolute atomic E-state index is 12.9. The van der Waals surface area contributed by atoms with Gasteiger partial charge in [-0.2, -0.15) is 15.0 Å². The Morgan fingerprint density at radius 3 is 2.73 bits per heavy atom. The zero-order chi connectivity index (χ0) is 22.9. The number of imidazole rings is 1. The number of hydrogen-bond acceptors (Lipinski definition) is 7. The van der Waals surface area contributed by atoms with Crippen LogP contribution in [-0.4, -0.2) is 42.8 Å². The standard InChI is InChI=1S/C24H26N8O/c1-15-8-9-18(22(33)27-19-6-4-3-5-7-19)14-31(15)24-29-21(28-23(25)30-24)17-10-11-20-12-26-16(2)32(20)13-17/h3-7,10-13,15,18H,8-9,14H2,1-2H3,(H,27,33)(H2,25,28,29,30)/t15-,18+/m0/s1. The van der Waals surface area contributed by atoms with Gasteiger partial charge in [-0.1, -0.05) is 18.2 Å². The molecule has 1 aliphatic rings. The molecule has 1 aromatic carbocycles. The summed E-state index contributed by atoms with van der Waals surface area (Å²) in [5.41, 5.74) is 8.69. The van der Waals surface area contributed by atoms with Gasteiger partial charge in [0.05, 0.1) is 17.6 Å². The highest BCUT2D eigenvalue weighted by molar-refractivity contribution is 5.93. The lowest BCUT2D eigenvalue weighted by atomic mass is 9.93. The van der Waals surface area contributed by atoms with Gasteiger partial charge in [-0.25, -0.2) is 4.98 Å². The van der Waals surface area contributed by atoms with Crippen molar-refractivity contribution in [2.45, 2.75) is 32.7 Å². The number of hydrogen-bond donors (Lipinski definition) is 2. The number of benzene rings is 1. The highest BCUT2D eigenvalue weighted by Gasteiger charge is 2.32. The number of nitrogens with two attached hydrogens (primary N) is 1. The number of fused-ring (bicyclic) bond motifs is 1. The first-order valence-electron chi connectivity index (χ1n) is 11.1. The lowest BCUT2D eigenvalue weighted by Gasteiger charge is -2.37. The Balaban J connectivity index is 1.42. The molecule has 0 unspecified atom stereocenters. The highest BCUT2D eigenvalue weighted by atomic mass is 16.1. The third-order valence-corrected chi connectivity index (χ3v) is 6.16. The minimum absolute atomic E-state index is 0.00128. The van der Waals surface area contributed by atoms with E-state index in [-0.39, 0.29) is 23.8 Å². The number of para-hydroxylation sites is 1. The smallest absolute Gasteiger partial charge is 0.230 e. The number of amides is 1. The summed E-state index contributed by atoms with van der Waals surface area (Å²) in [6.07, 6.45) is 5.43. The van der Waals surface area contributed by atoms with Crippen LogP contribution in [0.25, 0.3) is 16.9 Å². The largest absolute Gasteiger partial charge is 0.368 e. The number of rotatable bonds is 4. The fourth-order valence-corrected chi connectivity index (χ4v) is 4.26. The van der Waals surface area contributed by atoms with Crippen molar-refractivity contribution in [3.63, 3.8) is 0 Å². The van der Waals surface area contributed by atoms with E-state index in [1.54, 1.807) is 0 Å². The predicted octanol–water partition coefficient (Wildman–Crippen LogP) is 3.32. The van der Waals surface area contributed by atoms with Crippen molar-refractivity contribution in [2.24, 2.45) is 5.92 Å². The second-order valence-corrected chi connectivity index (χ2v) is 8.47.